The van der Waals surface area contributed by atoms with Crippen LogP contribution in [0.4, 0.5) is 18.9 Å². The van der Waals surface area contributed by atoms with Crippen molar-refractivity contribution in [2.45, 2.75) is 42.9 Å². The van der Waals surface area contributed by atoms with Crippen LogP contribution in [0.1, 0.15) is 31.2 Å². The molecule has 8 nitrogen and oxygen atoms in total. The van der Waals surface area contributed by atoms with E-state index in [2.05, 4.69) is 4.98 Å². The van der Waals surface area contributed by atoms with Crippen LogP contribution in [-0.2, 0) is 25.8 Å². The van der Waals surface area contributed by atoms with Crippen LogP contribution in [0.5, 0.6) is 5.88 Å². The lowest BCUT2D eigenvalue weighted by atomic mass is 10.1. The molecule has 0 unspecified atom stereocenters. The number of sulfonamides is 1. The van der Waals surface area contributed by atoms with Gasteiger partial charge in [-0.25, -0.2) is 13.4 Å². The van der Waals surface area contributed by atoms with Crippen LogP contribution in [0, 0.1) is 0 Å². The smallest absolute Gasteiger partial charge is 0.417 e. The van der Waals surface area contributed by atoms with Crippen molar-refractivity contribution in [1.29, 1.82) is 0 Å². The number of imide groups is 1. The van der Waals surface area contributed by atoms with Crippen molar-refractivity contribution >= 4 is 27.5 Å². The van der Waals surface area contributed by atoms with Gasteiger partial charge in [0.2, 0.25) is 27.7 Å². The maximum absolute atomic E-state index is 13.0. The number of hydrogen-bond donors (Lipinski definition) is 0. The summed E-state index contributed by atoms with van der Waals surface area (Å²) in [4.78, 5) is 28.5. The van der Waals surface area contributed by atoms with Crippen molar-refractivity contribution < 1.29 is 35.9 Å². The number of piperidine rings is 1. The number of halogens is 3. The van der Waals surface area contributed by atoms with E-state index in [1.165, 1.54) is 28.6 Å². The third-order valence-corrected chi connectivity index (χ3v) is 7.45. The molecule has 12 heteroatoms. The maximum atomic E-state index is 13.0. The second-order valence-corrected chi connectivity index (χ2v) is 9.66. The van der Waals surface area contributed by atoms with Crippen molar-refractivity contribution in [3.8, 4) is 5.88 Å². The van der Waals surface area contributed by atoms with E-state index in [1.54, 1.807) is 0 Å². The highest BCUT2D eigenvalue weighted by Gasteiger charge is 2.33. The summed E-state index contributed by atoms with van der Waals surface area (Å²) in [5.74, 6) is -0.591. The van der Waals surface area contributed by atoms with Crippen molar-refractivity contribution in [3.05, 3.63) is 48.2 Å². The predicted molar refractivity (Wildman–Crippen MR) is 110 cm³/mol. The summed E-state index contributed by atoms with van der Waals surface area (Å²) in [5.41, 5.74) is -0.544. The minimum absolute atomic E-state index is 0.0362. The summed E-state index contributed by atoms with van der Waals surface area (Å²) in [7, 11) is -3.80. The first-order valence-electron chi connectivity index (χ1n) is 10.2. The monoisotopic (exact) mass is 483 g/mol. The summed E-state index contributed by atoms with van der Waals surface area (Å²) in [6, 6.07) is 7.61. The van der Waals surface area contributed by atoms with E-state index in [4.69, 9.17) is 4.74 Å². The largest absolute Gasteiger partial charge is 0.474 e. The second-order valence-electron chi connectivity index (χ2n) is 7.72. The van der Waals surface area contributed by atoms with Gasteiger partial charge in [-0.15, -0.1) is 0 Å². The van der Waals surface area contributed by atoms with E-state index in [0.717, 1.165) is 17.0 Å². The maximum Gasteiger partial charge on any atom is 0.417 e. The molecule has 2 aliphatic heterocycles. The zero-order valence-corrected chi connectivity index (χ0v) is 18.1. The SMILES string of the molecule is O=C1CCC(=O)N1c1ccc(S(=O)(=O)N2CCC(Oc3ccc(C(F)(F)F)cn3)CC2)cc1. The van der Waals surface area contributed by atoms with Gasteiger partial charge in [-0.1, -0.05) is 0 Å². The van der Waals surface area contributed by atoms with E-state index in [-0.39, 0.29) is 54.6 Å². The molecule has 2 aliphatic rings. The molecule has 2 aromatic rings. The number of benzene rings is 1. The quantitative estimate of drug-likeness (QED) is 0.607. The minimum atomic E-state index is -4.48. The lowest BCUT2D eigenvalue weighted by Gasteiger charge is -2.31. The molecule has 2 fully saturated rings. The Labute approximate surface area is 188 Å². The fraction of sp³-hybridized carbons (Fsp3) is 0.381. The van der Waals surface area contributed by atoms with Crippen molar-refractivity contribution in [2.75, 3.05) is 18.0 Å². The highest BCUT2D eigenvalue weighted by molar-refractivity contribution is 7.89. The molecule has 3 heterocycles. The average Bonchev–Trinajstić information content (AvgIpc) is 3.12. The fourth-order valence-corrected chi connectivity index (χ4v) is 5.23. The lowest BCUT2D eigenvalue weighted by molar-refractivity contribution is -0.137. The molecule has 2 saturated heterocycles. The minimum Gasteiger partial charge on any atom is -0.474 e. The Hall–Kier alpha value is -2.99. The molecule has 0 N–H and O–H groups in total. The Balaban J connectivity index is 1.37. The molecule has 0 atom stereocenters. The zero-order valence-electron chi connectivity index (χ0n) is 17.3. The number of alkyl halides is 3. The van der Waals surface area contributed by atoms with Gasteiger partial charge in [0.25, 0.3) is 0 Å². The number of carbonyl (C=O) groups excluding carboxylic acids is 2. The normalized spacial score (nSPS) is 18.7. The van der Waals surface area contributed by atoms with Gasteiger partial charge in [-0.2, -0.15) is 17.5 Å². The first kappa shape index (κ1) is 23.2. The van der Waals surface area contributed by atoms with Gasteiger partial charge in [0.1, 0.15) is 6.10 Å². The second kappa shape index (κ2) is 8.75. The summed E-state index contributed by atoms with van der Waals surface area (Å²) in [6.07, 6.45) is -3.20. The van der Waals surface area contributed by atoms with E-state index in [1.807, 2.05) is 0 Å². The number of hydrogen-bond acceptors (Lipinski definition) is 6. The molecule has 176 valence electrons. The van der Waals surface area contributed by atoms with Gasteiger partial charge >= 0.3 is 6.18 Å². The molecule has 1 aromatic heterocycles. The van der Waals surface area contributed by atoms with Gasteiger partial charge in [-0.05, 0) is 43.2 Å². The van der Waals surface area contributed by atoms with Crippen molar-refractivity contribution in [2.24, 2.45) is 0 Å². The van der Waals surface area contributed by atoms with Gasteiger partial charge in [0.05, 0.1) is 16.1 Å². The molecule has 0 spiro atoms. The first-order valence-corrected chi connectivity index (χ1v) is 11.7. The van der Waals surface area contributed by atoms with E-state index in [0.29, 0.717) is 24.7 Å². The molecule has 0 aliphatic carbocycles. The molecule has 0 saturated carbocycles. The molecular weight excluding hydrogens is 463 g/mol. The number of ether oxygens (including phenoxy) is 1. The molecule has 33 heavy (non-hydrogen) atoms. The van der Waals surface area contributed by atoms with Crippen LogP contribution in [-0.4, -0.2) is 48.7 Å². The average molecular weight is 483 g/mol. The van der Waals surface area contributed by atoms with Crippen LogP contribution in [0.15, 0.2) is 47.5 Å². The van der Waals surface area contributed by atoms with Gasteiger partial charge in [-0.3, -0.25) is 14.5 Å². The molecular formula is C21H20F3N3O5S. The number of anilines is 1. The summed E-state index contributed by atoms with van der Waals surface area (Å²) < 4.78 is 70.7. The van der Waals surface area contributed by atoms with E-state index in [9.17, 15) is 31.2 Å². The van der Waals surface area contributed by atoms with Crippen LogP contribution in [0.2, 0.25) is 0 Å². The van der Waals surface area contributed by atoms with Gasteiger partial charge in [0.15, 0.2) is 0 Å². The Kier molecular flexibility index (Phi) is 6.14. The Morgan fingerprint density at radius 2 is 1.55 bits per heavy atom. The van der Waals surface area contributed by atoms with Crippen molar-refractivity contribution in [1.82, 2.24) is 9.29 Å². The number of rotatable bonds is 5. The summed E-state index contributed by atoms with van der Waals surface area (Å²) in [5, 5.41) is 0. The first-order chi connectivity index (χ1) is 15.6. The summed E-state index contributed by atoms with van der Waals surface area (Å²) >= 11 is 0. The van der Waals surface area contributed by atoms with Gasteiger partial charge < -0.3 is 4.74 Å². The third-order valence-electron chi connectivity index (χ3n) is 5.54. The Morgan fingerprint density at radius 1 is 0.939 bits per heavy atom. The predicted octanol–water partition coefficient (Wildman–Crippen LogP) is 2.99. The van der Waals surface area contributed by atoms with Crippen LogP contribution in [0.3, 0.4) is 0 Å². The molecule has 0 bridgehead atoms. The molecule has 1 aromatic carbocycles. The Morgan fingerprint density at radius 3 is 2.06 bits per heavy atom. The van der Waals surface area contributed by atoms with E-state index < -0.39 is 21.8 Å². The number of nitrogens with zero attached hydrogens (tertiary/aromatic N) is 3. The number of carbonyl (C=O) groups is 2. The zero-order chi connectivity index (χ0) is 23.8. The molecule has 4 rings (SSSR count). The van der Waals surface area contributed by atoms with Crippen LogP contribution in [0.25, 0.3) is 0 Å². The molecule has 0 radical (unpaired) electrons. The fourth-order valence-electron chi connectivity index (χ4n) is 3.76. The topological polar surface area (TPSA) is 96.9 Å². The number of amides is 2. The van der Waals surface area contributed by atoms with Crippen LogP contribution >= 0.6 is 0 Å². The number of pyridine rings is 1. The Bertz CT molecular complexity index is 1130. The lowest BCUT2D eigenvalue weighted by Crippen LogP contribution is -2.41. The van der Waals surface area contributed by atoms with Crippen molar-refractivity contribution in [3.63, 3.8) is 0 Å². The summed E-state index contributed by atoms with van der Waals surface area (Å²) in [6.45, 7) is 0.330. The third kappa shape index (κ3) is 4.86. The number of aromatic nitrogens is 1. The van der Waals surface area contributed by atoms with E-state index >= 15 is 0 Å². The highest BCUT2D eigenvalue weighted by atomic mass is 32.2. The molecule has 2 amide bonds. The van der Waals surface area contributed by atoms with Gasteiger partial charge in [0, 0.05) is 38.2 Å². The highest BCUT2D eigenvalue weighted by Crippen LogP contribution is 2.30. The van der Waals surface area contributed by atoms with Crippen LogP contribution < -0.4 is 9.64 Å². The standard InChI is InChI=1S/C21H20F3N3O5S/c22-21(23,24)14-1-6-18(25-13-14)32-16-9-11-26(12-10-16)33(30,31)17-4-2-15(3-5-17)27-19(28)7-8-20(27)29/h1-6,13,16H,7-12H2.